The average Bonchev–Trinajstić information content (AvgIpc) is 3.28. The van der Waals surface area contributed by atoms with E-state index in [-0.39, 0.29) is 5.82 Å². The van der Waals surface area contributed by atoms with Crippen molar-refractivity contribution in [2.45, 2.75) is 26.7 Å². The Morgan fingerprint density at radius 2 is 1.46 bits per heavy atom. The number of aromatic nitrogens is 1. The molecule has 0 fully saturated rings. The summed E-state index contributed by atoms with van der Waals surface area (Å²) in [6.07, 6.45) is 0.305. The fraction of sp³-hybridized carbons (Fsp3) is 0.147. The monoisotopic (exact) mass is 488 g/mol. The maximum absolute atomic E-state index is 15.6. The van der Waals surface area contributed by atoms with Gasteiger partial charge >= 0.3 is 0 Å². The van der Waals surface area contributed by atoms with E-state index < -0.39 is 5.89 Å². The molecular weight excluding hydrogens is 457 g/mol. The summed E-state index contributed by atoms with van der Waals surface area (Å²) >= 11 is 0. The number of aryl methyl sites for hydroxylation is 1. The molecule has 0 N–H and O–H groups in total. The highest BCUT2D eigenvalue weighted by atomic mass is 19.1. The number of furan rings is 1. The van der Waals surface area contributed by atoms with Crippen LogP contribution in [0.1, 0.15) is 33.6 Å². The second-order valence-corrected chi connectivity index (χ2v) is 9.80. The largest absolute Gasteiger partial charge is 0.454 e. The van der Waals surface area contributed by atoms with Gasteiger partial charge in [0.1, 0.15) is 25.4 Å². The van der Waals surface area contributed by atoms with Crippen molar-refractivity contribution in [3.05, 3.63) is 114 Å². The molecule has 0 aliphatic rings. The summed E-state index contributed by atoms with van der Waals surface area (Å²) in [6, 6.07) is 29.0. The molecule has 0 saturated carbocycles. The SMILES string of the molecule is [2H]c1cc(C([2H])(C)C)cc(-c2c(C)ccc3c2oc2c(-c4cccc(-c5ccccc5)c4)c(F)ccc23)[n+]1C. The molecule has 6 aromatic rings. The van der Waals surface area contributed by atoms with E-state index >= 15 is 4.39 Å². The molecule has 0 aliphatic carbocycles. The molecule has 0 spiro atoms. The van der Waals surface area contributed by atoms with Crippen molar-refractivity contribution in [3.8, 4) is 33.5 Å². The number of rotatable bonds is 4. The molecule has 0 saturated heterocycles. The minimum atomic E-state index is -0.867. The standard InChI is InChI=1S/C34H29FNO/c1-21(2)24-17-18-36(4)30(20-24)31-22(3)13-14-27-28-15-16-29(35)32(34(28)37-33(27)31)26-12-8-11-25(19-26)23-9-6-5-7-10-23/h5-21H,1-4H3/q+1/i18D,21D. The van der Waals surface area contributed by atoms with Crippen molar-refractivity contribution < 1.29 is 16.1 Å². The molecule has 0 atom stereocenters. The Morgan fingerprint density at radius 3 is 2.22 bits per heavy atom. The number of benzene rings is 4. The Kier molecular flexibility index (Phi) is 5.09. The molecule has 2 nitrogen and oxygen atoms in total. The van der Waals surface area contributed by atoms with Gasteiger partial charge < -0.3 is 4.42 Å². The van der Waals surface area contributed by atoms with E-state index in [4.69, 9.17) is 7.16 Å². The third-order valence-electron chi connectivity index (χ3n) is 7.13. The molecule has 182 valence electrons. The van der Waals surface area contributed by atoms with Gasteiger partial charge in [0.05, 0.1) is 11.1 Å². The minimum absolute atomic E-state index is 0.305. The zero-order valence-electron chi connectivity index (χ0n) is 23.4. The predicted octanol–water partition coefficient (Wildman–Crippen LogP) is 8.98. The zero-order valence-corrected chi connectivity index (χ0v) is 21.4. The molecule has 0 unspecified atom stereocenters. The van der Waals surface area contributed by atoms with E-state index in [0.717, 1.165) is 49.8 Å². The maximum atomic E-state index is 15.6. The first-order valence-corrected chi connectivity index (χ1v) is 12.4. The Hall–Kier alpha value is -4.24. The van der Waals surface area contributed by atoms with Crippen molar-refractivity contribution >= 4 is 21.9 Å². The topological polar surface area (TPSA) is 17.0 Å². The fourth-order valence-corrected chi connectivity index (χ4v) is 5.10. The van der Waals surface area contributed by atoms with Crippen molar-refractivity contribution in [2.75, 3.05) is 0 Å². The van der Waals surface area contributed by atoms with Gasteiger partial charge in [-0.3, -0.25) is 0 Å². The zero-order chi connectivity index (χ0) is 27.5. The summed E-state index contributed by atoms with van der Waals surface area (Å²) in [4.78, 5) is 0. The van der Waals surface area contributed by atoms with Crippen LogP contribution in [-0.4, -0.2) is 0 Å². The van der Waals surface area contributed by atoms with Crippen molar-refractivity contribution in [1.29, 1.82) is 0 Å². The van der Waals surface area contributed by atoms with Gasteiger partial charge in [0, 0.05) is 24.3 Å². The molecule has 3 heteroatoms. The number of hydrogen-bond acceptors (Lipinski definition) is 1. The van der Waals surface area contributed by atoms with Gasteiger partial charge in [-0.15, -0.1) is 0 Å². The lowest BCUT2D eigenvalue weighted by molar-refractivity contribution is -0.660. The Bertz CT molecular complexity index is 1880. The van der Waals surface area contributed by atoms with Gasteiger partial charge in [0.25, 0.3) is 0 Å². The first kappa shape index (κ1) is 20.9. The van der Waals surface area contributed by atoms with Crippen LogP contribution in [0.2, 0.25) is 0 Å². The summed E-state index contributed by atoms with van der Waals surface area (Å²) in [5, 5.41) is 1.71. The number of fused-ring (bicyclic) bond motifs is 3. The van der Waals surface area contributed by atoms with Crippen LogP contribution in [0.5, 0.6) is 0 Å². The average molecular weight is 489 g/mol. The van der Waals surface area contributed by atoms with Crippen LogP contribution in [0.15, 0.2) is 102 Å². The Labute approximate surface area is 219 Å². The van der Waals surface area contributed by atoms with E-state index in [2.05, 4.69) is 0 Å². The molecular formula is C34H29FNO+. The van der Waals surface area contributed by atoms with Crippen molar-refractivity contribution in [1.82, 2.24) is 0 Å². The highest BCUT2D eigenvalue weighted by Crippen LogP contribution is 2.42. The minimum Gasteiger partial charge on any atom is -0.454 e. The van der Waals surface area contributed by atoms with Crippen molar-refractivity contribution in [3.63, 3.8) is 0 Å². The van der Waals surface area contributed by atoms with Crippen LogP contribution in [0, 0.1) is 12.7 Å². The summed E-state index contributed by atoms with van der Waals surface area (Å²) in [6.45, 7) is 5.65. The van der Waals surface area contributed by atoms with Crippen LogP contribution in [0.25, 0.3) is 55.4 Å². The van der Waals surface area contributed by atoms with Crippen LogP contribution >= 0.6 is 0 Å². The highest BCUT2D eigenvalue weighted by molar-refractivity contribution is 6.13. The number of halogens is 1. The van der Waals surface area contributed by atoms with Crippen LogP contribution < -0.4 is 4.57 Å². The highest BCUT2D eigenvalue weighted by Gasteiger charge is 2.24. The molecule has 6 rings (SSSR count). The molecule has 0 bridgehead atoms. The quantitative estimate of drug-likeness (QED) is 0.226. The lowest BCUT2D eigenvalue weighted by Crippen LogP contribution is -2.31. The summed E-state index contributed by atoms with van der Waals surface area (Å²) in [5.74, 6) is -1.21. The molecule has 2 heterocycles. The van der Waals surface area contributed by atoms with Crippen LogP contribution in [0.4, 0.5) is 4.39 Å². The fourth-order valence-electron chi connectivity index (χ4n) is 5.10. The number of pyridine rings is 1. The van der Waals surface area contributed by atoms with E-state index in [1.54, 1.807) is 16.7 Å². The summed E-state index contributed by atoms with van der Waals surface area (Å²) in [7, 11) is 1.85. The van der Waals surface area contributed by atoms with Gasteiger partial charge in [-0.1, -0.05) is 74.5 Å². The van der Waals surface area contributed by atoms with E-state index in [1.807, 2.05) is 101 Å². The number of hydrogen-bond donors (Lipinski definition) is 0. The van der Waals surface area contributed by atoms with E-state index in [1.165, 1.54) is 6.07 Å². The predicted molar refractivity (Wildman–Crippen MR) is 150 cm³/mol. The second kappa shape index (κ2) is 9.01. The van der Waals surface area contributed by atoms with Gasteiger partial charge in [0.15, 0.2) is 6.17 Å². The molecule has 4 aromatic carbocycles. The van der Waals surface area contributed by atoms with E-state index in [9.17, 15) is 0 Å². The second-order valence-electron chi connectivity index (χ2n) is 9.80. The molecule has 0 radical (unpaired) electrons. The van der Waals surface area contributed by atoms with Crippen LogP contribution in [-0.2, 0) is 7.05 Å². The van der Waals surface area contributed by atoms with E-state index in [0.29, 0.717) is 22.9 Å². The number of nitrogens with zero attached hydrogens (tertiary/aromatic N) is 1. The van der Waals surface area contributed by atoms with Gasteiger partial charge in [-0.2, -0.15) is 0 Å². The Balaban J connectivity index is 1.64. The first-order chi connectivity index (χ1) is 18.6. The molecule has 37 heavy (non-hydrogen) atoms. The van der Waals surface area contributed by atoms with Gasteiger partial charge in [-0.05, 0) is 58.8 Å². The molecule has 2 aromatic heterocycles. The summed E-state index contributed by atoms with van der Waals surface area (Å²) < 4.78 is 41.1. The smallest absolute Gasteiger partial charge is 0.216 e. The van der Waals surface area contributed by atoms with Gasteiger partial charge in [0.2, 0.25) is 5.69 Å². The third kappa shape index (κ3) is 3.92. The first-order valence-electron chi connectivity index (χ1n) is 13.4. The third-order valence-corrected chi connectivity index (χ3v) is 7.13. The van der Waals surface area contributed by atoms with Crippen molar-refractivity contribution in [2.24, 2.45) is 7.05 Å². The Morgan fingerprint density at radius 1 is 0.784 bits per heavy atom. The van der Waals surface area contributed by atoms with Crippen LogP contribution in [0.3, 0.4) is 0 Å². The normalized spacial score (nSPS) is 12.7. The lowest BCUT2D eigenvalue weighted by Gasteiger charge is -2.09. The maximum Gasteiger partial charge on any atom is 0.216 e. The lowest BCUT2D eigenvalue weighted by atomic mass is 9.96. The molecule has 0 amide bonds. The molecule has 0 aliphatic heterocycles. The van der Waals surface area contributed by atoms with Gasteiger partial charge in [-0.25, -0.2) is 8.96 Å². The summed E-state index contributed by atoms with van der Waals surface area (Å²) in [5.41, 5.74) is 7.72.